The number of rotatable bonds is 7. The number of amides is 2. The molecular weight excluding hydrogens is 286 g/mol. The zero-order valence-electron chi connectivity index (χ0n) is 11.6. The highest BCUT2D eigenvalue weighted by atomic mass is 19.3. The van der Waals surface area contributed by atoms with Crippen LogP contribution in [0.4, 0.5) is 8.78 Å². The number of nitrogens with one attached hydrogen (secondary N) is 2. The van der Waals surface area contributed by atoms with Crippen molar-refractivity contribution < 1.29 is 27.8 Å². The average Bonchev–Trinajstić information content (AvgIpc) is 2.43. The number of hydrogen-bond donors (Lipinski definition) is 2. The van der Waals surface area contributed by atoms with Crippen molar-refractivity contribution in [3.05, 3.63) is 23.8 Å². The Kier molecular flexibility index (Phi) is 6.38. The maximum atomic E-state index is 12.2. The van der Waals surface area contributed by atoms with E-state index in [2.05, 4.69) is 15.4 Å². The Morgan fingerprint density at radius 3 is 2.43 bits per heavy atom. The molecule has 0 saturated heterocycles. The Balaban J connectivity index is 2.66. The lowest BCUT2D eigenvalue weighted by Crippen LogP contribution is -2.33. The van der Waals surface area contributed by atoms with E-state index in [4.69, 9.17) is 4.74 Å². The smallest absolute Gasteiger partial charge is 0.387 e. The molecule has 1 rings (SSSR count). The molecule has 0 atom stereocenters. The second-order valence-electron chi connectivity index (χ2n) is 3.98. The highest BCUT2D eigenvalue weighted by Gasteiger charge is 2.13. The van der Waals surface area contributed by atoms with Gasteiger partial charge in [0, 0.05) is 25.6 Å². The Hall–Kier alpha value is -2.38. The number of methoxy groups -OCH3 is 1. The van der Waals surface area contributed by atoms with E-state index in [0.717, 1.165) is 0 Å². The molecule has 0 unspecified atom stereocenters. The average molecular weight is 302 g/mol. The summed E-state index contributed by atoms with van der Waals surface area (Å²) in [6, 6.07) is 3.87. The molecule has 2 N–H and O–H groups in total. The van der Waals surface area contributed by atoms with Crippen LogP contribution in [0.2, 0.25) is 0 Å². The van der Waals surface area contributed by atoms with Gasteiger partial charge in [0.05, 0.1) is 7.11 Å². The predicted octanol–water partition coefficient (Wildman–Crippen LogP) is 1.16. The molecule has 0 spiro atoms. The molecule has 0 aliphatic heterocycles. The minimum atomic E-state index is -2.98. The third kappa shape index (κ3) is 5.64. The standard InChI is InChI=1S/C13H16F2N2O4/c1-8(18)16-5-6-17-12(19)9-3-4-10(21-13(14)15)11(7-9)20-2/h3-4,7,13H,5-6H2,1-2H3,(H,16,18)(H,17,19). The number of hydrogen-bond acceptors (Lipinski definition) is 4. The maximum Gasteiger partial charge on any atom is 0.387 e. The third-order valence-corrected chi connectivity index (χ3v) is 2.43. The molecule has 21 heavy (non-hydrogen) atoms. The fourth-order valence-corrected chi connectivity index (χ4v) is 1.52. The van der Waals surface area contributed by atoms with Gasteiger partial charge in [-0.1, -0.05) is 0 Å². The van der Waals surface area contributed by atoms with E-state index in [0.29, 0.717) is 6.54 Å². The van der Waals surface area contributed by atoms with Gasteiger partial charge in [-0.3, -0.25) is 9.59 Å². The summed E-state index contributed by atoms with van der Waals surface area (Å²) >= 11 is 0. The van der Waals surface area contributed by atoms with Crippen molar-refractivity contribution in [2.75, 3.05) is 20.2 Å². The van der Waals surface area contributed by atoms with Crippen molar-refractivity contribution in [3.63, 3.8) is 0 Å². The Morgan fingerprint density at radius 1 is 1.19 bits per heavy atom. The van der Waals surface area contributed by atoms with Crippen LogP contribution in [0.15, 0.2) is 18.2 Å². The maximum absolute atomic E-state index is 12.2. The molecule has 0 aliphatic rings. The van der Waals surface area contributed by atoms with E-state index in [1.165, 1.54) is 32.2 Å². The Bertz CT molecular complexity index is 509. The number of ether oxygens (including phenoxy) is 2. The molecule has 0 saturated carbocycles. The molecule has 0 radical (unpaired) electrons. The zero-order valence-corrected chi connectivity index (χ0v) is 11.6. The summed E-state index contributed by atoms with van der Waals surface area (Å²) in [5.74, 6) is -0.728. The van der Waals surface area contributed by atoms with Gasteiger partial charge in [0.25, 0.3) is 5.91 Å². The number of carbonyl (C=O) groups is 2. The molecule has 1 aromatic rings. The Labute approximate surface area is 120 Å². The minimum Gasteiger partial charge on any atom is -0.493 e. The Morgan fingerprint density at radius 2 is 1.86 bits per heavy atom. The fraction of sp³-hybridized carbons (Fsp3) is 0.385. The van der Waals surface area contributed by atoms with Crippen LogP contribution >= 0.6 is 0 Å². The van der Waals surface area contributed by atoms with E-state index in [9.17, 15) is 18.4 Å². The van der Waals surface area contributed by atoms with Crippen LogP contribution in [-0.2, 0) is 4.79 Å². The predicted molar refractivity (Wildman–Crippen MR) is 70.6 cm³/mol. The van der Waals surface area contributed by atoms with E-state index in [1.807, 2.05) is 0 Å². The lowest BCUT2D eigenvalue weighted by molar-refractivity contribution is -0.118. The van der Waals surface area contributed by atoms with E-state index in [-0.39, 0.29) is 29.5 Å². The lowest BCUT2D eigenvalue weighted by atomic mass is 10.2. The third-order valence-electron chi connectivity index (χ3n) is 2.43. The molecule has 0 bridgehead atoms. The van der Waals surface area contributed by atoms with Crippen molar-refractivity contribution in [2.24, 2.45) is 0 Å². The number of carbonyl (C=O) groups excluding carboxylic acids is 2. The molecular formula is C13H16F2N2O4. The van der Waals surface area contributed by atoms with E-state index >= 15 is 0 Å². The summed E-state index contributed by atoms with van der Waals surface area (Å²) in [5, 5.41) is 5.09. The van der Waals surface area contributed by atoms with Gasteiger partial charge in [-0.15, -0.1) is 0 Å². The second kappa shape index (κ2) is 8.03. The van der Waals surface area contributed by atoms with Crippen molar-refractivity contribution in [1.82, 2.24) is 10.6 Å². The quantitative estimate of drug-likeness (QED) is 0.741. The van der Waals surface area contributed by atoms with Gasteiger partial charge in [-0.05, 0) is 18.2 Å². The van der Waals surface area contributed by atoms with Crippen LogP contribution < -0.4 is 20.1 Å². The summed E-state index contributed by atoms with van der Waals surface area (Å²) in [6.07, 6.45) is 0. The second-order valence-corrected chi connectivity index (χ2v) is 3.98. The number of benzene rings is 1. The van der Waals surface area contributed by atoms with Crippen molar-refractivity contribution >= 4 is 11.8 Å². The SMILES string of the molecule is COc1cc(C(=O)NCCNC(C)=O)ccc1OC(F)F. The largest absolute Gasteiger partial charge is 0.493 e. The highest BCUT2D eigenvalue weighted by Crippen LogP contribution is 2.29. The summed E-state index contributed by atoms with van der Waals surface area (Å²) in [4.78, 5) is 22.5. The van der Waals surface area contributed by atoms with Crippen molar-refractivity contribution in [2.45, 2.75) is 13.5 Å². The van der Waals surface area contributed by atoms with Crippen molar-refractivity contribution in [3.8, 4) is 11.5 Å². The fourth-order valence-electron chi connectivity index (χ4n) is 1.52. The monoisotopic (exact) mass is 302 g/mol. The molecule has 1 aromatic carbocycles. The molecule has 8 heteroatoms. The normalized spacial score (nSPS) is 10.1. The van der Waals surface area contributed by atoms with Gasteiger partial charge >= 0.3 is 6.61 Å². The first-order valence-corrected chi connectivity index (χ1v) is 6.09. The van der Waals surface area contributed by atoms with Gasteiger partial charge in [0.2, 0.25) is 5.91 Å². The molecule has 0 heterocycles. The van der Waals surface area contributed by atoms with Gasteiger partial charge in [-0.25, -0.2) is 0 Å². The first kappa shape index (κ1) is 16.7. The van der Waals surface area contributed by atoms with Crippen LogP contribution in [0.3, 0.4) is 0 Å². The van der Waals surface area contributed by atoms with E-state index in [1.54, 1.807) is 0 Å². The van der Waals surface area contributed by atoms with Gasteiger partial charge in [-0.2, -0.15) is 8.78 Å². The minimum absolute atomic E-state index is 0.0322. The van der Waals surface area contributed by atoms with Crippen LogP contribution in [0.5, 0.6) is 11.5 Å². The van der Waals surface area contributed by atoms with Gasteiger partial charge in [0.15, 0.2) is 11.5 Å². The van der Waals surface area contributed by atoms with Crippen LogP contribution in [0.25, 0.3) is 0 Å². The van der Waals surface area contributed by atoms with Crippen LogP contribution in [-0.4, -0.2) is 38.6 Å². The molecule has 0 fully saturated rings. The lowest BCUT2D eigenvalue weighted by Gasteiger charge is -2.11. The number of halogens is 2. The summed E-state index contributed by atoms with van der Waals surface area (Å²) in [7, 11) is 1.28. The van der Waals surface area contributed by atoms with Crippen molar-refractivity contribution in [1.29, 1.82) is 0 Å². The van der Waals surface area contributed by atoms with Crippen LogP contribution in [0.1, 0.15) is 17.3 Å². The molecule has 2 amide bonds. The first-order chi connectivity index (χ1) is 9.93. The van der Waals surface area contributed by atoms with Gasteiger partial charge in [0.1, 0.15) is 0 Å². The summed E-state index contributed by atoms with van der Waals surface area (Å²) < 4.78 is 33.5. The first-order valence-electron chi connectivity index (χ1n) is 6.09. The molecule has 6 nitrogen and oxygen atoms in total. The van der Waals surface area contributed by atoms with Gasteiger partial charge < -0.3 is 20.1 Å². The highest BCUT2D eigenvalue weighted by molar-refractivity contribution is 5.94. The zero-order chi connectivity index (χ0) is 15.8. The molecule has 0 aromatic heterocycles. The molecule has 0 aliphatic carbocycles. The van der Waals surface area contributed by atoms with Crippen LogP contribution in [0, 0.1) is 0 Å². The summed E-state index contributed by atoms with van der Waals surface area (Å²) in [5.41, 5.74) is 0.233. The topological polar surface area (TPSA) is 76.7 Å². The summed E-state index contributed by atoms with van der Waals surface area (Å²) in [6.45, 7) is -1.06. The number of alkyl halides is 2. The molecule has 116 valence electrons. The van der Waals surface area contributed by atoms with E-state index < -0.39 is 12.5 Å².